The second kappa shape index (κ2) is 4.96. The molecule has 0 aromatic carbocycles. The number of hydrogen-bond donors (Lipinski definition) is 0. The van der Waals surface area contributed by atoms with Crippen LogP contribution in [0, 0.1) is 0 Å². The van der Waals surface area contributed by atoms with Gasteiger partial charge >= 0.3 is 0 Å². The Bertz CT molecular complexity index is 368. The van der Waals surface area contributed by atoms with Crippen LogP contribution in [-0.4, -0.2) is 28.6 Å². The van der Waals surface area contributed by atoms with E-state index in [-0.39, 0.29) is 0 Å². The van der Waals surface area contributed by atoms with Gasteiger partial charge in [0.15, 0.2) is 0 Å². The lowest BCUT2D eigenvalue weighted by Gasteiger charge is -2.24. The standard InChI is InChI=1S/C12H17BrN2S/c1-12(2)4-6-15(7-8-16-12)11-3-5-14-9-10(11)13/h3,5,9H,4,6-8H2,1-2H3. The smallest absolute Gasteiger partial charge is 0.0592 e. The summed E-state index contributed by atoms with van der Waals surface area (Å²) in [6.07, 6.45) is 4.97. The fourth-order valence-electron chi connectivity index (χ4n) is 1.89. The molecular weight excluding hydrogens is 284 g/mol. The molecule has 0 unspecified atom stereocenters. The van der Waals surface area contributed by atoms with Crippen molar-refractivity contribution in [2.75, 3.05) is 23.7 Å². The highest BCUT2D eigenvalue weighted by Crippen LogP contribution is 2.34. The molecule has 2 heterocycles. The van der Waals surface area contributed by atoms with Gasteiger partial charge in [-0.2, -0.15) is 11.8 Å². The predicted molar refractivity (Wildman–Crippen MR) is 75.3 cm³/mol. The normalized spacial score (nSPS) is 20.6. The Morgan fingerprint density at radius 3 is 3.00 bits per heavy atom. The first kappa shape index (κ1) is 12.2. The highest BCUT2D eigenvalue weighted by Gasteiger charge is 2.24. The van der Waals surface area contributed by atoms with E-state index in [0.29, 0.717) is 4.75 Å². The van der Waals surface area contributed by atoms with Crippen molar-refractivity contribution in [3.8, 4) is 0 Å². The molecule has 2 nitrogen and oxygen atoms in total. The molecule has 0 N–H and O–H groups in total. The fraction of sp³-hybridized carbons (Fsp3) is 0.583. The number of hydrogen-bond acceptors (Lipinski definition) is 3. The molecule has 0 bridgehead atoms. The van der Waals surface area contributed by atoms with Crippen LogP contribution in [0.25, 0.3) is 0 Å². The first-order valence-electron chi connectivity index (χ1n) is 5.57. The summed E-state index contributed by atoms with van der Waals surface area (Å²) in [6.45, 7) is 6.92. The van der Waals surface area contributed by atoms with Crippen molar-refractivity contribution in [1.82, 2.24) is 4.98 Å². The summed E-state index contributed by atoms with van der Waals surface area (Å²) in [5.74, 6) is 1.20. The molecule has 0 saturated carbocycles. The van der Waals surface area contributed by atoms with E-state index in [9.17, 15) is 0 Å². The molecule has 0 atom stereocenters. The van der Waals surface area contributed by atoms with Crippen LogP contribution in [0.2, 0.25) is 0 Å². The second-order valence-corrected chi connectivity index (χ2v) is 7.33. The van der Waals surface area contributed by atoms with Gasteiger partial charge in [-0.25, -0.2) is 0 Å². The molecule has 0 amide bonds. The van der Waals surface area contributed by atoms with Crippen molar-refractivity contribution in [3.05, 3.63) is 22.9 Å². The zero-order chi connectivity index (χ0) is 11.6. The molecular formula is C12H17BrN2S. The van der Waals surface area contributed by atoms with Gasteiger partial charge in [0.2, 0.25) is 0 Å². The van der Waals surface area contributed by atoms with Crippen LogP contribution < -0.4 is 4.90 Å². The number of rotatable bonds is 1. The Morgan fingerprint density at radius 2 is 2.25 bits per heavy atom. The van der Waals surface area contributed by atoms with Crippen LogP contribution >= 0.6 is 27.7 Å². The Kier molecular flexibility index (Phi) is 3.80. The van der Waals surface area contributed by atoms with Crippen molar-refractivity contribution in [2.45, 2.75) is 25.0 Å². The predicted octanol–water partition coefficient (Wildman–Crippen LogP) is 3.57. The molecule has 1 aromatic rings. The summed E-state index contributed by atoms with van der Waals surface area (Å²) in [4.78, 5) is 6.56. The number of halogens is 1. The van der Waals surface area contributed by atoms with Gasteiger partial charge in [0, 0.05) is 36.0 Å². The Balaban J connectivity index is 2.14. The van der Waals surface area contributed by atoms with Gasteiger partial charge in [-0.1, -0.05) is 13.8 Å². The maximum atomic E-state index is 4.11. The van der Waals surface area contributed by atoms with Gasteiger partial charge in [0.25, 0.3) is 0 Å². The van der Waals surface area contributed by atoms with E-state index in [1.807, 2.05) is 12.4 Å². The maximum absolute atomic E-state index is 4.11. The van der Waals surface area contributed by atoms with Crippen LogP contribution in [0.3, 0.4) is 0 Å². The molecule has 1 aliphatic rings. The molecule has 1 aromatic heterocycles. The van der Waals surface area contributed by atoms with Gasteiger partial charge in [0.1, 0.15) is 0 Å². The lowest BCUT2D eigenvalue weighted by molar-refractivity contribution is 0.637. The van der Waals surface area contributed by atoms with Crippen molar-refractivity contribution < 1.29 is 0 Å². The number of thioether (sulfide) groups is 1. The minimum absolute atomic E-state index is 0.411. The van der Waals surface area contributed by atoms with Gasteiger partial charge in [-0.15, -0.1) is 0 Å². The molecule has 1 saturated heterocycles. The third-order valence-corrected chi connectivity index (χ3v) is 4.91. The number of anilines is 1. The van der Waals surface area contributed by atoms with Crippen molar-refractivity contribution in [2.24, 2.45) is 0 Å². The lowest BCUT2D eigenvalue weighted by atomic mass is 10.1. The molecule has 16 heavy (non-hydrogen) atoms. The molecule has 0 radical (unpaired) electrons. The summed E-state index contributed by atoms with van der Waals surface area (Å²) < 4.78 is 1.51. The van der Waals surface area contributed by atoms with E-state index >= 15 is 0 Å². The molecule has 4 heteroatoms. The number of nitrogens with zero attached hydrogens (tertiary/aromatic N) is 2. The monoisotopic (exact) mass is 300 g/mol. The summed E-state index contributed by atoms with van der Waals surface area (Å²) in [7, 11) is 0. The third kappa shape index (κ3) is 2.92. The summed E-state index contributed by atoms with van der Waals surface area (Å²) in [5.41, 5.74) is 1.27. The summed E-state index contributed by atoms with van der Waals surface area (Å²) >= 11 is 5.65. The average Bonchev–Trinajstić information content (AvgIpc) is 2.40. The molecule has 88 valence electrons. The highest BCUT2D eigenvalue weighted by molar-refractivity contribution is 9.10. The quantitative estimate of drug-likeness (QED) is 0.789. The van der Waals surface area contributed by atoms with Crippen LogP contribution in [0.1, 0.15) is 20.3 Å². The van der Waals surface area contributed by atoms with E-state index < -0.39 is 0 Å². The van der Waals surface area contributed by atoms with Crippen molar-refractivity contribution in [3.63, 3.8) is 0 Å². The minimum atomic E-state index is 0.411. The van der Waals surface area contributed by atoms with Crippen molar-refractivity contribution in [1.29, 1.82) is 0 Å². The fourth-order valence-corrected chi connectivity index (χ4v) is 3.49. The van der Waals surface area contributed by atoms with Gasteiger partial charge in [-0.3, -0.25) is 4.98 Å². The molecule has 0 spiro atoms. The summed E-state index contributed by atoms with van der Waals surface area (Å²) in [5, 5.41) is 0. The minimum Gasteiger partial charge on any atom is -0.370 e. The molecule has 0 aliphatic carbocycles. The number of pyridine rings is 1. The first-order chi connectivity index (χ1) is 7.58. The highest BCUT2D eigenvalue weighted by atomic mass is 79.9. The van der Waals surface area contributed by atoms with Gasteiger partial charge in [-0.05, 0) is 28.4 Å². The van der Waals surface area contributed by atoms with E-state index in [2.05, 4.69) is 57.5 Å². The summed E-state index contributed by atoms with van der Waals surface area (Å²) in [6, 6.07) is 2.09. The maximum Gasteiger partial charge on any atom is 0.0592 e. The van der Waals surface area contributed by atoms with Crippen LogP contribution in [0.4, 0.5) is 5.69 Å². The SMILES string of the molecule is CC1(C)CCN(c2ccncc2Br)CCS1. The average molecular weight is 301 g/mol. The lowest BCUT2D eigenvalue weighted by Crippen LogP contribution is -2.27. The van der Waals surface area contributed by atoms with Crippen LogP contribution in [-0.2, 0) is 0 Å². The first-order valence-corrected chi connectivity index (χ1v) is 7.35. The van der Waals surface area contributed by atoms with E-state index in [0.717, 1.165) is 17.6 Å². The second-order valence-electron chi connectivity index (χ2n) is 4.67. The zero-order valence-electron chi connectivity index (χ0n) is 9.74. The number of aromatic nitrogens is 1. The van der Waals surface area contributed by atoms with E-state index in [4.69, 9.17) is 0 Å². The van der Waals surface area contributed by atoms with Crippen LogP contribution in [0.5, 0.6) is 0 Å². The Labute approximate surface area is 110 Å². The molecule has 1 fully saturated rings. The third-order valence-electron chi connectivity index (χ3n) is 2.93. The van der Waals surface area contributed by atoms with Crippen molar-refractivity contribution >= 4 is 33.4 Å². The molecule has 1 aliphatic heterocycles. The zero-order valence-corrected chi connectivity index (χ0v) is 12.1. The topological polar surface area (TPSA) is 16.1 Å². The Hall–Kier alpha value is -0.220. The van der Waals surface area contributed by atoms with Gasteiger partial charge < -0.3 is 4.90 Å². The van der Waals surface area contributed by atoms with E-state index in [1.54, 1.807) is 0 Å². The van der Waals surface area contributed by atoms with E-state index in [1.165, 1.54) is 17.9 Å². The van der Waals surface area contributed by atoms with Gasteiger partial charge in [0.05, 0.1) is 10.2 Å². The molecule has 2 rings (SSSR count). The van der Waals surface area contributed by atoms with Crippen LogP contribution in [0.15, 0.2) is 22.9 Å². The Morgan fingerprint density at radius 1 is 1.44 bits per heavy atom. The largest absolute Gasteiger partial charge is 0.370 e.